The van der Waals surface area contributed by atoms with Crippen molar-refractivity contribution >= 4 is 23.4 Å². The Kier molecular flexibility index (Phi) is 5.04. The number of pyridine rings is 1. The number of para-hydroxylation sites is 1. The SMILES string of the molecule is C[n+]1c(-c2ccccc2O)c(-c2ccccc2)c(=O)n2c1SC[C@@H]2c1ccc(Cl)nc1. The summed E-state index contributed by atoms with van der Waals surface area (Å²) >= 11 is 7.59. The van der Waals surface area contributed by atoms with Crippen molar-refractivity contribution in [3.63, 3.8) is 0 Å². The lowest BCUT2D eigenvalue weighted by Gasteiger charge is -2.15. The van der Waals surface area contributed by atoms with E-state index >= 15 is 0 Å². The smallest absolute Gasteiger partial charge is 0.347 e. The minimum absolute atomic E-state index is 0.0949. The van der Waals surface area contributed by atoms with Gasteiger partial charge in [0.2, 0.25) is 0 Å². The number of rotatable bonds is 3. The third-order valence-corrected chi connectivity index (χ3v) is 6.97. The summed E-state index contributed by atoms with van der Waals surface area (Å²) in [7, 11) is 1.94. The normalized spacial score (nSPS) is 15.1. The van der Waals surface area contributed by atoms with Crippen molar-refractivity contribution in [2.45, 2.75) is 11.2 Å². The van der Waals surface area contributed by atoms with Crippen molar-refractivity contribution in [2.75, 3.05) is 5.75 Å². The molecule has 154 valence electrons. The van der Waals surface area contributed by atoms with Crippen LogP contribution in [0, 0.1) is 0 Å². The van der Waals surface area contributed by atoms with E-state index in [0.717, 1.165) is 16.3 Å². The molecule has 5 rings (SSSR count). The maximum Gasteiger partial charge on any atom is 0.347 e. The Labute approximate surface area is 188 Å². The van der Waals surface area contributed by atoms with Crippen LogP contribution in [0.2, 0.25) is 5.15 Å². The van der Waals surface area contributed by atoms with Gasteiger partial charge in [0.15, 0.2) is 5.69 Å². The van der Waals surface area contributed by atoms with Crippen LogP contribution in [-0.2, 0) is 7.05 Å². The fourth-order valence-corrected chi connectivity index (χ4v) is 5.48. The molecule has 0 amide bonds. The molecule has 1 aliphatic rings. The molecule has 0 unspecified atom stereocenters. The Bertz CT molecular complexity index is 1340. The molecule has 0 saturated heterocycles. The first kappa shape index (κ1) is 19.8. The molecule has 2 aromatic carbocycles. The van der Waals surface area contributed by atoms with Gasteiger partial charge in [0.05, 0.1) is 18.4 Å². The fraction of sp³-hybridized carbons (Fsp3) is 0.125. The topological polar surface area (TPSA) is 59.0 Å². The van der Waals surface area contributed by atoms with Gasteiger partial charge in [-0.05, 0) is 35.5 Å². The maximum atomic E-state index is 14.0. The predicted octanol–water partition coefficient (Wildman–Crippen LogP) is 4.46. The Morgan fingerprint density at radius 3 is 2.55 bits per heavy atom. The van der Waals surface area contributed by atoms with E-state index < -0.39 is 0 Å². The van der Waals surface area contributed by atoms with Gasteiger partial charge in [-0.25, -0.2) is 14.3 Å². The standard InChI is InChI=1S/C24H18ClN3O2S/c1-27-22(17-9-5-6-10-19(17)29)21(15-7-3-2-4-8-15)23(30)28-18(14-31-24(27)28)16-11-12-20(25)26-13-16/h2-13,18H,14H2,1H3/p+1/t18-/m1/s1. The van der Waals surface area contributed by atoms with Gasteiger partial charge in [-0.3, -0.25) is 0 Å². The Morgan fingerprint density at radius 2 is 1.84 bits per heavy atom. The van der Waals surface area contributed by atoms with E-state index in [0.29, 0.717) is 27.7 Å². The van der Waals surface area contributed by atoms with Crippen molar-refractivity contribution in [3.05, 3.63) is 94.0 Å². The number of phenols is 1. The molecule has 1 atom stereocenters. The average molecular weight is 449 g/mol. The molecule has 0 saturated carbocycles. The van der Waals surface area contributed by atoms with Gasteiger partial charge in [0.1, 0.15) is 22.5 Å². The van der Waals surface area contributed by atoms with Crippen LogP contribution in [0.1, 0.15) is 11.6 Å². The van der Waals surface area contributed by atoms with Crippen LogP contribution in [0.25, 0.3) is 22.4 Å². The number of fused-ring (bicyclic) bond motifs is 1. The molecule has 2 aromatic heterocycles. The molecular formula is C24H19ClN3O2S+. The summed E-state index contributed by atoms with van der Waals surface area (Å²) < 4.78 is 3.84. The number of aromatic nitrogens is 3. The lowest BCUT2D eigenvalue weighted by atomic mass is 9.99. The van der Waals surface area contributed by atoms with E-state index in [4.69, 9.17) is 11.6 Å². The number of aromatic hydroxyl groups is 1. The quantitative estimate of drug-likeness (QED) is 0.285. The minimum Gasteiger partial charge on any atom is -0.507 e. The summed E-state index contributed by atoms with van der Waals surface area (Å²) in [5, 5.41) is 11.9. The first-order valence-electron chi connectivity index (χ1n) is 9.83. The van der Waals surface area contributed by atoms with E-state index in [1.54, 1.807) is 36.2 Å². The molecule has 0 spiro atoms. The van der Waals surface area contributed by atoms with Crippen molar-refractivity contribution in [3.8, 4) is 28.1 Å². The second kappa shape index (κ2) is 7.87. The monoisotopic (exact) mass is 448 g/mol. The van der Waals surface area contributed by atoms with Gasteiger partial charge >= 0.3 is 10.7 Å². The third kappa shape index (κ3) is 3.32. The molecule has 1 aliphatic heterocycles. The zero-order valence-corrected chi connectivity index (χ0v) is 18.3. The van der Waals surface area contributed by atoms with Crippen LogP contribution >= 0.6 is 23.4 Å². The maximum absolute atomic E-state index is 14.0. The van der Waals surface area contributed by atoms with E-state index in [1.165, 1.54) is 0 Å². The van der Waals surface area contributed by atoms with Crippen molar-refractivity contribution < 1.29 is 9.67 Å². The van der Waals surface area contributed by atoms with Gasteiger partial charge in [0, 0.05) is 11.8 Å². The van der Waals surface area contributed by atoms with Crippen molar-refractivity contribution in [2.24, 2.45) is 7.05 Å². The molecule has 1 N–H and O–H groups in total. The molecule has 5 nitrogen and oxygen atoms in total. The highest BCUT2D eigenvalue weighted by Gasteiger charge is 2.39. The summed E-state index contributed by atoms with van der Waals surface area (Å²) in [5.41, 5.74) is 3.53. The second-order valence-electron chi connectivity index (χ2n) is 7.36. The number of phenolic OH excluding ortho intramolecular Hbond substituents is 1. The molecule has 7 heteroatoms. The van der Waals surface area contributed by atoms with Crippen LogP contribution in [0.3, 0.4) is 0 Å². The van der Waals surface area contributed by atoms with Gasteiger partial charge in [0.25, 0.3) is 0 Å². The molecule has 0 fully saturated rings. The summed E-state index contributed by atoms with van der Waals surface area (Å²) in [5.74, 6) is 0.853. The van der Waals surface area contributed by atoms with Crippen molar-refractivity contribution in [1.82, 2.24) is 9.55 Å². The highest BCUT2D eigenvalue weighted by molar-refractivity contribution is 7.99. The molecule has 0 bridgehead atoms. The van der Waals surface area contributed by atoms with E-state index in [2.05, 4.69) is 4.98 Å². The van der Waals surface area contributed by atoms with E-state index in [9.17, 15) is 9.90 Å². The zero-order valence-electron chi connectivity index (χ0n) is 16.7. The van der Waals surface area contributed by atoms with Gasteiger partial charge < -0.3 is 5.11 Å². The number of thioether (sulfide) groups is 1. The number of halogens is 1. The average Bonchev–Trinajstić information content (AvgIpc) is 3.24. The predicted molar refractivity (Wildman–Crippen MR) is 123 cm³/mol. The Hall–Kier alpha value is -3.09. The van der Waals surface area contributed by atoms with Crippen LogP contribution in [0.4, 0.5) is 0 Å². The third-order valence-electron chi connectivity index (χ3n) is 5.54. The molecule has 31 heavy (non-hydrogen) atoms. The molecule has 0 aliphatic carbocycles. The highest BCUT2D eigenvalue weighted by Crippen LogP contribution is 2.38. The van der Waals surface area contributed by atoms with E-state index in [1.807, 2.05) is 64.7 Å². The van der Waals surface area contributed by atoms with Crippen LogP contribution in [0.15, 0.2) is 82.9 Å². The summed E-state index contributed by atoms with van der Waals surface area (Å²) in [6.07, 6.45) is 1.73. The van der Waals surface area contributed by atoms with Crippen LogP contribution in [-0.4, -0.2) is 20.4 Å². The molecule has 3 heterocycles. The van der Waals surface area contributed by atoms with Gasteiger partial charge in [-0.15, -0.1) is 0 Å². The Morgan fingerprint density at radius 1 is 1.10 bits per heavy atom. The fourth-order valence-electron chi connectivity index (χ4n) is 4.09. The van der Waals surface area contributed by atoms with Crippen molar-refractivity contribution in [1.29, 1.82) is 0 Å². The summed E-state index contributed by atoms with van der Waals surface area (Å²) in [6.45, 7) is 0. The second-order valence-corrected chi connectivity index (χ2v) is 8.74. The lowest BCUT2D eigenvalue weighted by Crippen LogP contribution is -2.43. The van der Waals surface area contributed by atoms with Crippen LogP contribution < -0.4 is 10.1 Å². The molecule has 0 radical (unpaired) electrons. The number of hydrogen-bond donors (Lipinski definition) is 1. The van der Waals surface area contributed by atoms with Crippen LogP contribution in [0.5, 0.6) is 5.75 Å². The number of nitrogens with zero attached hydrogens (tertiary/aromatic N) is 3. The zero-order chi connectivity index (χ0) is 21.5. The first-order valence-corrected chi connectivity index (χ1v) is 11.2. The molecule has 4 aromatic rings. The van der Waals surface area contributed by atoms with E-state index in [-0.39, 0.29) is 17.4 Å². The summed E-state index contributed by atoms with van der Waals surface area (Å²) in [6, 6.07) is 20.2. The largest absolute Gasteiger partial charge is 0.507 e. The Balaban J connectivity index is 1.83. The first-order chi connectivity index (χ1) is 15.1. The summed E-state index contributed by atoms with van der Waals surface area (Å²) in [4.78, 5) is 18.2. The minimum atomic E-state index is -0.149. The van der Waals surface area contributed by atoms with Gasteiger partial charge in [-0.1, -0.05) is 60.1 Å². The highest BCUT2D eigenvalue weighted by atomic mass is 35.5. The lowest BCUT2D eigenvalue weighted by molar-refractivity contribution is -0.704. The number of benzene rings is 2. The number of hydrogen-bond acceptors (Lipinski definition) is 4. The van der Waals surface area contributed by atoms with Gasteiger partial charge in [-0.2, -0.15) is 4.57 Å². The molecular weight excluding hydrogens is 430 g/mol.